The van der Waals surface area contributed by atoms with E-state index in [9.17, 15) is 19.5 Å². The Morgan fingerprint density at radius 1 is 1.03 bits per heavy atom. The van der Waals surface area contributed by atoms with Crippen LogP contribution in [0.25, 0.3) is 10.9 Å². The first-order valence-electron chi connectivity index (χ1n) is 9.69. The number of thioether (sulfide) groups is 1. The third-order valence-corrected chi connectivity index (χ3v) is 5.87. The smallest absolute Gasteiger partial charge is 0.326 e. The number of carboxylic acid groups (broad SMARTS) is 1. The number of carboxylic acids is 1. The van der Waals surface area contributed by atoms with Gasteiger partial charge in [-0.05, 0) is 23.6 Å². The van der Waals surface area contributed by atoms with Gasteiger partial charge in [0.25, 0.3) is 0 Å². The molecule has 0 fully saturated rings. The predicted molar refractivity (Wildman–Crippen MR) is 118 cm³/mol. The van der Waals surface area contributed by atoms with Crippen LogP contribution in [-0.4, -0.2) is 38.9 Å². The minimum Gasteiger partial charge on any atom is -0.480 e. The number of H-pyrrole nitrogens is 1. The van der Waals surface area contributed by atoms with E-state index in [0.717, 1.165) is 33.8 Å². The molecule has 156 valence electrons. The Morgan fingerprint density at radius 2 is 1.73 bits per heavy atom. The maximum Gasteiger partial charge on any atom is 0.326 e. The number of carbonyl (C=O) groups excluding carboxylic acids is 2. The van der Waals surface area contributed by atoms with Crippen molar-refractivity contribution in [3.05, 3.63) is 71.9 Å². The van der Waals surface area contributed by atoms with Gasteiger partial charge < -0.3 is 15.4 Å². The molecule has 0 aliphatic carbocycles. The lowest BCUT2D eigenvalue weighted by atomic mass is 9.99. The van der Waals surface area contributed by atoms with Crippen molar-refractivity contribution in [2.45, 2.75) is 25.8 Å². The summed E-state index contributed by atoms with van der Waals surface area (Å²) in [4.78, 5) is 39.4. The second kappa shape index (κ2) is 10.1. The number of rotatable bonds is 9. The molecular weight excluding hydrogens is 400 g/mol. The Balaban J connectivity index is 1.74. The highest BCUT2D eigenvalue weighted by molar-refractivity contribution is 8.13. The van der Waals surface area contributed by atoms with Crippen molar-refractivity contribution < 1.29 is 19.5 Å². The highest BCUT2D eigenvalue weighted by Crippen LogP contribution is 2.20. The summed E-state index contributed by atoms with van der Waals surface area (Å²) in [6.45, 7) is 1.46. The molecule has 0 saturated heterocycles. The normalized spacial score (nSPS) is 13.0. The monoisotopic (exact) mass is 424 g/mol. The lowest BCUT2D eigenvalue weighted by molar-refractivity contribution is -0.142. The molecule has 7 heteroatoms. The third kappa shape index (κ3) is 5.73. The highest BCUT2D eigenvalue weighted by Gasteiger charge is 2.27. The second-order valence-corrected chi connectivity index (χ2v) is 8.35. The fourth-order valence-electron chi connectivity index (χ4n) is 3.35. The summed E-state index contributed by atoms with van der Waals surface area (Å²) >= 11 is 1.08. The van der Waals surface area contributed by atoms with Crippen LogP contribution in [0.1, 0.15) is 18.1 Å². The summed E-state index contributed by atoms with van der Waals surface area (Å²) in [5.41, 5.74) is 2.71. The van der Waals surface area contributed by atoms with Crippen LogP contribution in [0.4, 0.5) is 0 Å². The van der Waals surface area contributed by atoms with Gasteiger partial charge in [-0.1, -0.05) is 60.3 Å². The molecular formula is C23H24N2O4S. The number of aromatic nitrogens is 1. The molecule has 2 atom stereocenters. The van der Waals surface area contributed by atoms with Crippen molar-refractivity contribution in [1.29, 1.82) is 0 Å². The molecule has 1 aromatic heterocycles. The average molecular weight is 425 g/mol. The number of benzene rings is 2. The number of aliphatic carboxylic acids is 1. The lowest BCUT2D eigenvalue weighted by Gasteiger charge is -2.20. The van der Waals surface area contributed by atoms with Gasteiger partial charge in [0, 0.05) is 36.2 Å². The molecule has 0 aliphatic rings. The van der Waals surface area contributed by atoms with Crippen molar-refractivity contribution in [1.82, 2.24) is 10.3 Å². The van der Waals surface area contributed by atoms with E-state index < -0.39 is 17.9 Å². The van der Waals surface area contributed by atoms with Crippen LogP contribution in [0.2, 0.25) is 0 Å². The van der Waals surface area contributed by atoms with E-state index in [1.165, 1.54) is 6.92 Å². The maximum atomic E-state index is 13.0. The van der Waals surface area contributed by atoms with E-state index >= 15 is 0 Å². The summed E-state index contributed by atoms with van der Waals surface area (Å²) < 4.78 is 0. The Hall–Kier alpha value is -3.06. The number of fused-ring (bicyclic) bond motifs is 1. The fourth-order valence-corrected chi connectivity index (χ4v) is 4.06. The molecule has 3 rings (SSSR count). The zero-order chi connectivity index (χ0) is 21.5. The molecule has 0 spiro atoms. The number of para-hydroxylation sites is 1. The first-order valence-corrected chi connectivity index (χ1v) is 10.7. The SMILES string of the molecule is CC(=O)SC[C@H](Cc1ccccc1)C(=O)N[C@@H](Cc1c[nH]c2ccccc12)C(=O)O. The Kier molecular flexibility index (Phi) is 7.30. The van der Waals surface area contributed by atoms with Crippen LogP contribution in [0, 0.1) is 5.92 Å². The van der Waals surface area contributed by atoms with E-state index in [4.69, 9.17) is 0 Å². The van der Waals surface area contributed by atoms with Crippen LogP contribution in [-0.2, 0) is 27.2 Å². The molecule has 30 heavy (non-hydrogen) atoms. The molecule has 0 radical (unpaired) electrons. The molecule has 2 aromatic carbocycles. The molecule has 0 bridgehead atoms. The van der Waals surface area contributed by atoms with Crippen LogP contribution in [0.5, 0.6) is 0 Å². The van der Waals surface area contributed by atoms with E-state index in [1.807, 2.05) is 54.6 Å². The van der Waals surface area contributed by atoms with Crippen molar-refractivity contribution >= 4 is 39.7 Å². The second-order valence-electron chi connectivity index (χ2n) is 7.15. The van der Waals surface area contributed by atoms with Crippen LogP contribution >= 0.6 is 11.8 Å². The Morgan fingerprint density at radius 3 is 2.43 bits per heavy atom. The third-order valence-electron chi connectivity index (χ3n) is 4.90. The van der Waals surface area contributed by atoms with Crippen molar-refractivity contribution in [3.8, 4) is 0 Å². The number of carbonyl (C=O) groups is 3. The van der Waals surface area contributed by atoms with Crippen LogP contribution < -0.4 is 5.32 Å². The zero-order valence-corrected chi connectivity index (χ0v) is 17.4. The van der Waals surface area contributed by atoms with Gasteiger partial charge >= 0.3 is 5.97 Å². The number of aromatic amines is 1. The average Bonchev–Trinajstić information content (AvgIpc) is 3.14. The first-order chi connectivity index (χ1) is 14.4. The summed E-state index contributed by atoms with van der Waals surface area (Å²) in [7, 11) is 0. The number of nitrogens with one attached hydrogen (secondary N) is 2. The topological polar surface area (TPSA) is 99.3 Å². The van der Waals surface area contributed by atoms with Crippen LogP contribution in [0.3, 0.4) is 0 Å². The number of hydrogen-bond donors (Lipinski definition) is 3. The lowest BCUT2D eigenvalue weighted by Crippen LogP contribution is -2.46. The van der Waals surface area contributed by atoms with E-state index in [0.29, 0.717) is 12.2 Å². The van der Waals surface area contributed by atoms with Gasteiger partial charge in [0.05, 0.1) is 5.92 Å². The minimum atomic E-state index is -1.09. The predicted octanol–water partition coefficient (Wildman–Crippen LogP) is 3.42. The molecule has 0 aliphatic heterocycles. The van der Waals surface area contributed by atoms with Gasteiger partial charge in [-0.2, -0.15) is 0 Å². The standard InChI is InChI=1S/C23H24N2O4S/c1-15(26)30-14-18(11-16-7-3-2-4-8-16)22(27)25-21(23(28)29)12-17-13-24-20-10-6-5-9-19(17)20/h2-10,13,18,21,24H,11-12,14H2,1H3,(H,25,27)(H,28,29)/t18-,21-/m0/s1. The molecule has 6 nitrogen and oxygen atoms in total. The summed E-state index contributed by atoms with van der Waals surface area (Å²) in [5, 5.41) is 13.2. The van der Waals surface area contributed by atoms with Gasteiger partial charge in [0.1, 0.15) is 6.04 Å². The molecule has 1 heterocycles. The van der Waals surface area contributed by atoms with Crippen molar-refractivity contribution in [2.24, 2.45) is 5.92 Å². The Labute approximate surface area is 179 Å². The maximum absolute atomic E-state index is 13.0. The van der Waals surface area contributed by atoms with Gasteiger partial charge in [-0.25, -0.2) is 4.79 Å². The first kappa shape index (κ1) is 21.6. The number of hydrogen-bond acceptors (Lipinski definition) is 4. The fraction of sp³-hybridized carbons (Fsp3) is 0.261. The minimum absolute atomic E-state index is 0.0746. The van der Waals surface area contributed by atoms with E-state index in [-0.39, 0.29) is 17.4 Å². The molecule has 1 amide bonds. The van der Waals surface area contributed by atoms with Gasteiger partial charge in [0.2, 0.25) is 5.91 Å². The van der Waals surface area contributed by atoms with Gasteiger partial charge in [0.15, 0.2) is 5.12 Å². The number of amides is 1. The highest BCUT2D eigenvalue weighted by atomic mass is 32.2. The van der Waals surface area contributed by atoms with Crippen molar-refractivity contribution in [2.75, 3.05) is 5.75 Å². The molecule has 0 unspecified atom stereocenters. The van der Waals surface area contributed by atoms with E-state index in [1.54, 1.807) is 6.20 Å². The van der Waals surface area contributed by atoms with Gasteiger partial charge in [-0.3, -0.25) is 9.59 Å². The quantitative estimate of drug-likeness (QED) is 0.489. The van der Waals surface area contributed by atoms with Crippen molar-refractivity contribution in [3.63, 3.8) is 0 Å². The summed E-state index contributed by atoms with van der Waals surface area (Å²) in [6.07, 6.45) is 2.38. The zero-order valence-electron chi connectivity index (χ0n) is 16.6. The van der Waals surface area contributed by atoms with E-state index in [2.05, 4.69) is 10.3 Å². The summed E-state index contributed by atoms with van der Waals surface area (Å²) in [6, 6.07) is 16.1. The Bertz CT molecular complexity index is 1030. The molecule has 3 N–H and O–H groups in total. The molecule has 0 saturated carbocycles. The molecule has 3 aromatic rings. The van der Waals surface area contributed by atoms with Gasteiger partial charge in [-0.15, -0.1) is 0 Å². The summed E-state index contributed by atoms with van der Waals surface area (Å²) in [5.74, 6) is -1.66. The van der Waals surface area contributed by atoms with Crippen LogP contribution in [0.15, 0.2) is 60.8 Å². The largest absolute Gasteiger partial charge is 0.480 e.